The van der Waals surface area contributed by atoms with Gasteiger partial charge in [-0.1, -0.05) is 24.3 Å². The molecule has 3 rings (SSSR count). The molecule has 0 aliphatic carbocycles. The average molecular weight is 461 g/mol. The predicted molar refractivity (Wildman–Crippen MR) is 120 cm³/mol. The van der Waals surface area contributed by atoms with Crippen LogP contribution in [0.1, 0.15) is 34.5 Å². The summed E-state index contributed by atoms with van der Waals surface area (Å²) in [5.74, 6) is -1.15. The Morgan fingerprint density at radius 3 is 2.19 bits per heavy atom. The van der Waals surface area contributed by atoms with Gasteiger partial charge in [0.05, 0.1) is 11.6 Å². The van der Waals surface area contributed by atoms with Crippen LogP contribution in [-0.4, -0.2) is 11.0 Å². The van der Waals surface area contributed by atoms with Gasteiger partial charge in [-0.05, 0) is 78.3 Å². The number of amides is 1. The fourth-order valence-electron chi connectivity index (χ4n) is 3.11. The Kier molecular flexibility index (Phi) is 6.78. The number of carbonyl (C=O) groups is 1. The van der Waals surface area contributed by atoms with Crippen molar-refractivity contribution in [2.75, 3.05) is 5.32 Å². The quantitative estimate of drug-likeness (QED) is 0.339. The molecule has 3 aromatic carbocycles. The first-order valence-corrected chi connectivity index (χ1v) is 9.90. The number of primary amides is 1. The molecule has 9 heteroatoms. The Hall–Kier alpha value is -3.46. The monoisotopic (exact) mass is 461 g/mol. The van der Waals surface area contributed by atoms with Crippen LogP contribution in [-0.2, 0) is 6.18 Å². The van der Waals surface area contributed by atoms with E-state index in [0.717, 1.165) is 23.8 Å². The van der Waals surface area contributed by atoms with Crippen molar-refractivity contribution in [1.29, 1.82) is 0 Å². The Labute approximate surface area is 187 Å². The highest BCUT2D eigenvalue weighted by molar-refractivity contribution is 7.80. The molecule has 1 unspecified atom stereocenters. The van der Waals surface area contributed by atoms with Gasteiger partial charge in [-0.3, -0.25) is 4.79 Å². The zero-order valence-electron chi connectivity index (χ0n) is 16.8. The minimum atomic E-state index is -4.55. The summed E-state index contributed by atoms with van der Waals surface area (Å²) >= 11 is 5.29. The lowest BCUT2D eigenvalue weighted by Crippen LogP contribution is -2.30. The van der Waals surface area contributed by atoms with E-state index in [1.807, 2.05) is 6.92 Å². The first-order chi connectivity index (χ1) is 15.0. The minimum absolute atomic E-state index is 0.0102. The summed E-state index contributed by atoms with van der Waals surface area (Å²) in [5, 5.41) is 6.36. The van der Waals surface area contributed by atoms with E-state index in [4.69, 9.17) is 18.0 Å². The van der Waals surface area contributed by atoms with Crippen molar-refractivity contribution in [1.82, 2.24) is 5.32 Å². The third kappa shape index (κ3) is 5.61. The van der Waals surface area contributed by atoms with E-state index in [1.54, 1.807) is 36.4 Å². The number of rotatable bonds is 5. The van der Waals surface area contributed by atoms with E-state index in [0.29, 0.717) is 16.4 Å². The van der Waals surface area contributed by atoms with Crippen LogP contribution in [0.15, 0.2) is 66.7 Å². The van der Waals surface area contributed by atoms with Crippen LogP contribution in [0.3, 0.4) is 0 Å². The average Bonchev–Trinajstić information content (AvgIpc) is 2.73. The first-order valence-electron chi connectivity index (χ1n) is 9.49. The van der Waals surface area contributed by atoms with Crippen LogP contribution in [0, 0.1) is 5.82 Å². The molecular formula is C23H19F4N3OS. The van der Waals surface area contributed by atoms with Crippen LogP contribution >= 0.6 is 12.2 Å². The third-order valence-corrected chi connectivity index (χ3v) is 5.00. The van der Waals surface area contributed by atoms with E-state index < -0.39 is 17.6 Å². The molecule has 0 saturated heterocycles. The van der Waals surface area contributed by atoms with Gasteiger partial charge in [0, 0.05) is 11.3 Å². The molecule has 0 radical (unpaired) electrons. The van der Waals surface area contributed by atoms with Crippen molar-refractivity contribution in [3.8, 4) is 11.1 Å². The fraction of sp³-hybridized carbons (Fsp3) is 0.130. The number of anilines is 1. The number of alkyl halides is 3. The van der Waals surface area contributed by atoms with Gasteiger partial charge in [0.2, 0.25) is 5.91 Å². The van der Waals surface area contributed by atoms with Crippen molar-refractivity contribution >= 4 is 28.9 Å². The number of nitrogens with two attached hydrogens (primary N) is 1. The molecule has 0 aliphatic heterocycles. The molecule has 0 fully saturated rings. The maximum atomic E-state index is 13.1. The molecule has 0 spiro atoms. The maximum absolute atomic E-state index is 13.1. The number of hydrogen-bond donors (Lipinski definition) is 3. The van der Waals surface area contributed by atoms with Gasteiger partial charge in [-0.2, -0.15) is 13.2 Å². The molecule has 4 N–H and O–H groups in total. The molecule has 166 valence electrons. The Balaban J connectivity index is 1.75. The van der Waals surface area contributed by atoms with Crippen LogP contribution in [0.25, 0.3) is 11.1 Å². The molecule has 32 heavy (non-hydrogen) atoms. The van der Waals surface area contributed by atoms with E-state index in [9.17, 15) is 22.4 Å². The van der Waals surface area contributed by atoms with Crippen LogP contribution in [0.5, 0.6) is 0 Å². The predicted octanol–water partition coefficient (Wildman–Crippen LogP) is 5.66. The maximum Gasteiger partial charge on any atom is 0.416 e. The second-order valence-corrected chi connectivity index (χ2v) is 7.48. The number of carbonyl (C=O) groups excluding carboxylic acids is 1. The molecule has 3 aromatic rings. The standard InChI is InChI=1S/C23H19F4N3OS/c1-13(14-2-7-17(24)8-3-14)29-22(32)30-18-9-4-15(5-10-18)20-12-16(23(25,26)27)6-11-19(20)21(28)31/h2-13H,1H3,(H2,28,31)(H2,29,30,32). The van der Waals surface area contributed by atoms with Crippen molar-refractivity contribution in [3.63, 3.8) is 0 Å². The highest BCUT2D eigenvalue weighted by atomic mass is 32.1. The molecular weight excluding hydrogens is 442 g/mol. The Bertz CT molecular complexity index is 1130. The van der Waals surface area contributed by atoms with E-state index in [1.165, 1.54) is 12.1 Å². The summed E-state index contributed by atoms with van der Waals surface area (Å²) in [6, 6.07) is 15.0. The van der Waals surface area contributed by atoms with Gasteiger partial charge in [0.1, 0.15) is 5.82 Å². The zero-order valence-corrected chi connectivity index (χ0v) is 17.7. The molecule has 0 bridgehead atoms. The number of nitrogens with one attached hydrogen (secondary N) is 2. The SMILES string of the molecule is CC(NC(=S)Nc1ccc(-c2cc(C(F)(F)F)ccc2C(N)=O)cc1)c1ccc(F)cc1. The second kappa shape index (κ2) is 9.35. The summed E-state index contributed by atoms with van der Waals surface area (Å²) in [4.78, 5) is 11.7. The summed E-state index contributed by atoms with van der Waals surface area (Å²) in [6.45, 7) is 1.86. The Morgan fingerprint density at radius 2 is 1.62 bits per heavy atom. The largest absolute Gasteiger partial charge is 0.416 e. The molecule has 4 nitrogen and oxygen atoms in total. The topological polar surface area (TPSA) is 67.2 Å². The summed E-state index contributed by atoms with van der Waals surface area (Å²) in [6.07, 6.45) is -4.55. The van der Waals surface area contributed by atoms with Gasteiger partial charge in [-0.25, -0.2) is 4.39 Å². The van der Waals surface area contributed by atoms with Crippen LogP contribution in [0.4, 0.5) is 23.2 Å². The van der Waals surface area contributed by atoms with Crippen LogP contribution in [0.2, 0.25) is 0 Å². The van der Waals surface area contributed by atoms with Gasteiger partial charge in [-0.15, -0.1) is 0 Å². The number of benzene rings is 3. The third-order valence-electron chi connectivity index (χ3n) is 4.78. The summed E-state index contributed by atoms with van der Waals surface area (Å²) < 4.78 is 52.4. The van der Waals surface area contributed by atoms with Crippen molar-refractivity contribution in [3.05, 3.63) is 89.2 Å². The number of halogens is 4. The zero-order chi connectivity index (χ0) is 23.5. The minimum Gasteiger partial charge on any atom is -0.366 e. The van der Waals surface area contributed by atoms with E-state index in [-0.39, 0.29) is 23.0 Å². The molecule has 1 atom stereocenters. The van der Waals surface area contributed by atoms with Gasteiger partial charge < -0.3 is 16.4 Å². The van der Waals surface area contributed by atoms with Gasteiger partial charge >= 0.3 is 6.18 Å². The Morgan fingerprint density at radius 1 is 1.00 bits per heavy atom. The highest BCUT2D eigenvalue weighted by Crippen LogP contribution is 2.34. The van der Waals surface area contributed by atoms with Gasteiger partial charge in [0.15, 0.2) is 5.11 Å². The van der Waals surface area contributed by atoms with E-state index >= 15 is 0 Å². The fourth-order valence-corrected chi connectivity index (χ4v) is 3.40. The smallest absolute Gasteiger partial charge is 0.366 e. The second-order valence-electron chi connectivity index (χ2n) is 7.07. The van der Waals surface area contributed by atoms with Gasteiger partial charge in [0.25, 0.3) is 0 Å². The first kappa shape index (κ1) is 23.2. The number of hydrogen-bond acceptors (Lipinski definition) is 2. The van der Waals surface area contributed by atoms with Crippen molar-refractivity contribution in [2.45, 2.75) is 19.1 Å². The van der Waals surface area contributed by atoms with Crippen molar-refractivity contribution in [2.24, 2.45) is 5.73 Å². The van der Waals surface area contributed by atoms with Crippen LogP contribution < -0.4 is 16.4 Å². The molecule has 0 saturated carbocycles. The highest BCUT2D eigenvalue weighted by Gasteiger charge is 2.31. The van der Waals surface area contributed by atoms with E-state index in [2.05, 4.69) is 10.6 Å². The lowest BCUT2D eigenvalue weighted by molar-refractivity contribution is -0.137. The summed E-state index contributed by atoms with van der Waals surface area (Å²) in [7, 11) is 0. The summed E-state index contributed by atoms with van der Waals surface area (Å²) in [5.41, 5.74) is 6.36. The lowest BCUT2D eigenvalue weighted by Gasteiger charge is -2.18. The normalized spacial score (nSPS) is 12.2. The molecule has 0 heterocycles. The van der Waals surface area contributed by atoms with Crippen molar-refractivity contribution < 1.29 is 22.4 Å². The molecule has 0 aromatic heterocycles. The number of thiocarbonyl (C=S) groups is 1. The lowest BCUT2D eigenvalue weighted by atomic mass is 9.96. The molecule has 1 amide bonds. The molecule has 0 aliphatic rings.